The third kappa shape index (κ3) is 1.05. The molecule has 0 N–H and O–H groups in total. The highest BCUT2D eigenvalue weighted by Crippen LogP contribution is 2.17. The molecule has 1 radical (unpaired) electrons. The fourth-order valence-corrected chi connectivity index (χ4v) is 1.11. The topological polar surface area (TPSA) is 25.8 Å². The summed E-state index contributed by atoms with van der Waals surface area (Å²) in [5.74, 6) is 0. The molecule has 0 spiro atoms. The Morgan fingerprint density at radius 3 is 3.09 bits per heavy atom. The number of hydrogen-bond acceptors (Lipinski definition) is 2. The van der Waals surface area contributed by atoms with Gasteiger partial charge in [-0.05, 0) is 18.2 Å². The Hall–Kier alpha value is -1.15. The lowest BCUT2D eigenvalue weighted by molar-refractivity contribution is 1.22. The van der Waals surface area contributed by atoms with E-state index in [1.54, 1.807) is 12.1 Å². The quantitative estimate of drug-likeness (QED) is 0.556. The minimum atomic E-state index is 0.479. The van der Waals surface area contributed by atoms with Gasteiger partial charge in [-0.15, -0.1) is 0 Å². The molecule has 0 saturated carbocycles. The van der Waals surface area contributed by atoms with Gasteiger partial charge in [-0.1, -0.05) is 17.7 Å². The monoisotopic (exact) mass is 163 g/mol. The number of halogens is 1. The second-order valence-corrected chi connectivity index (χ2v) is 2.47. The average molecular weight is 164 g/mol. The van der Waals surface area contributed by atoms with Crippen LogP contribution in [0.5, 0.6) is 0 Å². The summed E-state index contributed by atoms with van der Waals surface area (Å²) in [4.78, 5) is 7.87. The van der Waals surface area contributed by atoms with Crippen molar-refractivity contribution < 1.29 is 0 Å². The molecule has 0 aliphatic heterocycles. The van der Waals surface area contributed by atoms with Gasteiger partial charge in [-0.2, -0.15) is 0 Å². The molecular weight excluding hydrogens is 160 g/mol. The lowest BCUT2D eigenvalue weighted by atomic mass is 10.2. The van der Waals surface area contributed by atoms with Crippen LogP contribution in [0.3, 0.4) is 0 Å². The maximum absolute atomic E-state index is 5.79. The minimum Gasteiger partial charge on any atom is -0.236 e. The van der Waals surface area contributed by atoms with Crippen LogP contribution in [0.4, 0.5) is 0 Å². The molecule has 0 bridgehead atoms. The molecule has 0 saturated heterocycles. The van der Waals surface area contributed by atoms with Gasteiger partial charge >= 0.3 is 0 Å². The third-order valence-corrected chi connectivity index (χ3v) is 1.73. The van der Waals surface area contributed by atoms with Crippen molar-refractivity contribution >= 4 is 22.5 Å². The first-order valence-corrected chi connectivity index (χ1v) is 3.52. The molecule has 1 aromatic heterocycles. The largest absolute Gasteiger partial charge is 0.236 e. The average Bonchev–Trinajstić information content (AvgIpc) is 2.06. The van der Waals surface area contributed by atoms with E-state index in [0.29, 0.717) is 5.15 Å². The summed E-state index contributed by atoms with van der Waals surface area (Å²) in [5.41, 5.74) is 0.851. The van der Waals surface area contributed by atoms with Crippen molar-refractivity contribution in [1.29, 1.82) is 0 Å². The Morgan fingerprint density at radius 2 is 2.27 bits per heavy atom. The molecule has 0 atom stereocenters. The second-order valence-electron chi connectivity index (χ2n) is 2.11. The highest BCUT2D eigenvalue weighted by Gasteiger charge is 1.97. The van der Waals surface area contributed by atoms with Crippen LogP contribution in [0.25, 0.3) is 10.9 Å². The Kier molecular flexibility index (Phi) is 1.47. The van der Waals surface area contributed by atoms with Crippen LogP contribution in [0.2, 0.25) is 5.15 Å². The van der Waals surface area contributed by atoms with E-state index in [0.717, 1.165) is 10.9 Å². The fourth-order valence-electron chi connectivity index (χ4n) is 0.911. The summed E-state index contributed by atoms with van der Waals surface area (Å²) in [6, 6.07) is 8.33. The zero-order valence-electron chi connectivity index (χ0n) is 5.58. The number of aromatic nitrogens is 2. The lowest BCUT2D eigenvalue weighted by Crippen LogP contribution is -1.81. The first-order valence-electron chi connectivity index (χ1n) is 3.14. The van der Waals surface area contributed by atoms with Gasteiger partial charge < -0.3 is 0 Å². The third-order valence-electron chi connectivity index (χ3n) is 1.43. The summed E-state index contributed by atoms with van der Waals surface area (Å²) < 4.78 is 0. The molecule has 2 rings (SSSR count). The van der Waals surface area contributed by atoms with Crippen molar-refractivity contribution in [2.24, 2.45) is 0 Å². The summed E-state index contributed by atoms with van der Waals surface area (Å²) in [5, 5.41) is 1.32. The SMILES string of the molecule is Clc1ncnc2cc[c]cc12. The van der Waals surface area contributed by atoms with Crippen molar-refractivity contribution in [2.45, 2.75) is 0 Å². The van der Waals surface area contributed by atoms with Crippen molar-refractivity contribution in [3.05, 3.63) is 35.7 Å². The fraction of sp³-hybridized carbons (Fsp3) is 0. The number of hydrogen-bond donors (Lipinski definition) is 0. The van der Waals surface area contributed by atoms with Crippen molar-refractivity contribution in [3.63, 3.8) is 0 Å². The second kappa shape index (κ2) is 2.47. The zero-order chi connectivity index (χ0) is 7.68. The van der Waals surface area contributed by atoms with E-state index in [1.165, 1.54) is 6.33 Å². The van der Waals surface area contributed by atoms with E-state index in [4.69, 9.17) is 11.6 Å². The van der Waals surface area contributed by atoms with Gasteiger partial charge in [0.05, 0.1) is 5.52 Å². The van der Waals surface area contributed by atoms with E-state index in [-0.39, 0.29) is 0 Å². The molecule has 2 aromatic rings. The Morgan fingerprint density at radius 1 is 1.36 bits per heavy atom. The van der Waals surface area contributed by atoms with Crippen LogP contribution < -0.4 is 0 Å². The standard InChI is InChI=1S/C8H4ClN2/c9-8-6-3-1-2-4-7(6)10-5-11-8/h2-5H. The van der Waals surface area contributed by atoms with E-state index in [2.05, 4.69) is 16.0 Å². The van der Waals surface area contributed by atoms with E-state index >= 15 is 0 Å². The summed E-state index contributed by atoms with van der Waals surface area (Å²) in [6.45, 7) is 0. The molecule has 1 heterocycles. The number of fused-ring (bicyclic) bond motifs is 1. The van der Waals surface area contributed by atoms with E-state index < -0.39 is 0 Å². The van der Waals surface area contributed by atoms with Gasteiger partial charge in [-0.3, -0.25) is 0 Å². The molecule has 0 amide bonds. The zero-order valence-corrected chi connectivity index (χ0v) is 6.34. The Bertz CT molecular complexity index is 381. The Labute approximate surface area is 68.9 Å². The van der Waals surface area contributed by atoms with Crippen LogP contribution in [-0.4, -0.2) is 9.97 Å². The molecule has 53 valence electrons. The Balaban J connectivity index is 2.91. The molecule has 11 heavy (non-hydrogen) atoms. The van der Waals surface area contributed by atoms with Gasteiger partial charge in [0.15, 0.2) is 0 Å². The van der Waals surface area contributed by atoms with Crippen LogP contribution in [0.1, 0.15) is 0 Å². The van der Waals surface area contributed by atoms with Crippen LogP contribution in [0.15, 0.2) is 24.5 Å². The van der Waals surface area contributed by atoms with Gasteiger partial charge in [0, 0.05) is 5.39 Å². The van der Waals surface area contributed by atoms with Gasteiger partial charge in [-0.25, -0.2) is 9.97 Å². The molecular formula is C8H4ClN2. The van der Waals surface area contributed by atoms with Crippen LogP contribution in [0, 0.1) is 6.07 Å². The van der Waals surface area contributed by atoms with Gasteiger partial charge in [0.2, 0.25) is 0 Å². The highest BCUT2D eigenvalue weighted by atomic mass is 35.5. The molecule has 1 aromatic carbocycles. The summed E-state index contributed by atoms with van der Waals surface area (Å²) in [6.07, 6.45) is 1.45. The summed E-state index contributed by atoms with van der Waals surface area (Å²) in [7, 11) is 0. The first kappa shape index (κ1) is 6.55. The predicted molar refractivity (Wildman–Crippen MR) is 43.4 cm³/mol. The number of nitrogens with zero attached hydrogens (tertiary/aromatic N) is 2. The molecule has 0 fully saturated rings. The molecule has 0 aliphatic carbocycles. The normalized spacial score (nSPS) is 10.3. The molecule has 2 nitrogen and oxygen atoms in total. The maximum Gasteiger partial charge on any atom is 0.140 e. The van der Waals surface area contributed by atoms with Crippen molar-refractivity contribution in [2.75, 3.05) is 0 Å². The number of benzene rings is 1. The molecule has 3 heteroatoms. The van der Waals surface area contributed by atoms with Gasteiger partial charge in [0.1, 0.15) is 11.5 Å². The summed E-state index contributed by atoms with van der Waals surface area (Å²) >= 11 is 5.79. The lowest BCUT2D eigenvalue weighted by Gasteiger charge is -1.94. The molecule has 0 aliphatic rings. The highest BCUT2D eigenvalue weighted by molar-refractivity contribution is 6.33. The number of rotatable bonds is 0. The maximum atomic E-state index is 5.79. The first-order chi connectivity index (χ1) is 5.38. The predicted octanol–water partition coefficient (Wildman–Crippen LogP) is 2.08. The smallest absolute Gasteiger partial charge is 0.140 e. The van der Waals surface area contributed by atoms with Crippen LogP contribution in [-0.2, 0) is 0 Å². The van der Waals surface area contributed by atoms with E-state index in [1.807, 2.05) is 6.07 Å². The van der Waals surface area contributed by atoms with E-state index in [9.17, 15) is 0 Å². The van der Waals surface area contributed by atoms with Crippen molar-refractivity contribution in [1.82, 2.24) is 9.97 Å². The van der Waals surface area contributed by atoms with Crippen molar-refractivity contribution in [3.8, 4) is 0 Å². The van der Waals surface area contributed by atoms with Crippen LogP contribution >= 0.6 is 11.6 Å². The minimum absolute atomic E-state index is 0.479. The molecule has 0 unspecified atom stereocenters. The van der Waals surface area contributed by atoms with Gasteiger partial charge in [0.25, 0.3) is 0 Å².